The van der Waals surface area contributed by atoms with Crippen molar-refractivity contribution in [2.45, 2.75) is 13.0 Å². The number of aromatic nitrogens is 1. The Morgan fingerprint density at radius 1 is 1.45 bits per heavy atom. The van der Waals surface area contributed by atoms with Gasteiger partial charge in [0.15, 0.2) is 0 Å². The van der Waals surface area contributed by atoms with Gasteiger partial charge in [-0.2, -0.15) is 0 Å². The van der Waals surface area contributed by atoms with Crippen molar-refractivity contribution in [1.29, 1.82) is 0 Å². The molecule has 1 atom stereocenters. The van der Waals surface area contributed by atoms with Crippen molar-refractivity contribution in [3.05, 3.63) is 36.0 Å². The molecule has 0 aliphatic carbocycles. The van der Waals surface area contributed by atoms with Crippen LogP contribution in [0.4, 0.5) is 5.69 Å². The first-order valence-corrected chi connectivity index (χ1v) is 6.71. The number of morpholine rings is 1. The minimum absolute atomic E-state index is 0.0609. The Balaban J connectivity index is 1.99. The van der Waals surface area contributed by atoms with E-state index in [1.165, 1.54) is 0 Å². The zero-order valence-corrected chi connectivity index (χ0v) is 11.4. The summed E-state index contributed by atoms with van der Waals surface area (Å²) >= 11 is 0. The quantitative estimate of drug-likeness (QED) is 0.856. The predicted molar refractivity (Wildman–Crippen MR) is 77.5 cm³/mol. The van der Waals surface area contributed by atoms with E-state index in [0.717, 1.165) is 10.9 Å². The van der Waals surface area contributed by atoms with Gasteiger partial charge < -0.3 is 15.4 Å². The fraction of sp³-hybridized carbons (Fsp3) is 0.333. The van der Waals surface area contributed by atoms with Gasteiger partial charge in [-0.3, -0.25) is 4.79 Å². The maximum absolute atomic E-state index is 12.6. The molecule has 2 aromatic rings. The van der Waals surface area contributed by atoms with E-state index in [4.69, 9.17) is 10.5 Å². The van der Waals surface area contributed by atoms with Crippen molar-refractivity contribution in [2.75, 3.05) is 25.5 Å². The topological polar surface area (TPSA) is 68.5 Å². The van der Waals surface area contributed by atoms with Gasteiger partial charge in [-0.1, -0.05) is 18.2 Å². The molecule has 20 heavy (non-hydrogen) atoms. The van der Waals surface area contributed by atoms with Crippen LogP contribution >= 0.6 is 0 Å². The highest BCUT2D eigenvalue weighted by molar-refractivity contribution is 5.99. The normalized spacial score (nSPS) is 19.2. The molecule has 2 heterocycles. The van der Waals surface area contributed by atoms with Gasteiger partial charge in [-0.05, 0) is 19.1 Å². The fourth-order valence-corrected chi connectivity index (χ4v) is 2.49. The standard InChI is InChI=1S/C15H17N3O2/c1-10-9-20-7-6-18(10)15(19)14-8-12(16)11-4-2-3-5-13(11)17-14/h2-5,8,10H,6-7,9H2,1H3,(H2,16,17). The van der Waals surface area contributed by atoms with E-state index in [2.05, 4.69) is 4.98 Å². The molecule has 1 aromatic heterocycles. The number of anilines is 1. The van der Waals surface area contributed by atoms with Gasteiger partial charge in [-0.25, -0.2) is 4.98 Å². The van der Waals surface area contributed by atoms with E-state index in [1.807, 2.05) is 31.2 Å². The molecule has 1 aliphatic rings. The number of nitrogens with two attached hydrogens (primary N) is 1. The second kappa shape index (κ2) is 5.09. The second-order valence-electron chi connectivity index (χ2n) is 5.04. The average molecular weight is 271 g/mol. The van der Waals surface area contributed by atoms with Crippen molar-refractivity contribution < 1.29 is 9.53 Å². The SMILES string of the molecule is CC1COCCN1C(=O)c1cc(N)c2ccccc2n1. The summed E-state index contributed by atoms with van der Waals surface area (Å²) in [5.41, 5.74) is 7.75. The Morgan fingerprint density at radius 2 is 2.25 bits per heavy atom. The number of benzene rings is 1. The summed E-state index contributed by atoms with van der Waals surface area (Å²) in [5.74, 6) is -0.0850. The van der Waals surface area contributed by atoms with E-state index in [0.29, 0.717) is 31.1 Å². The number of pyridine rings is 1. The Bertz CT molecular complexity index is 657. The number of nitrogen functional groups attached to an aromatic ring is 1. The molecule has 0 bridgehead atoms. The summed E-state index contributed by atoms with van der Waals surface area (Å²) in [6, 6.07) is 9.29. The van der Waals surface area contributed by atoms with Crippen LogP contribution in [-0.2, 0) is 4.74 Å². The number of rotatable bonds is 1. The van der Waals surface area contributed by atoms with Gasteiger partial charge >= 0.3 is 0 Å². The molecule has 5 heteroatoms. The number of hydrogen-bond donors (Lipinski definition) is 1. The number of fused-ring (bicyclic) bond motifs is 1. The lowest BCUT2D eigenvalue weighted by molar-refractivity contribution is 0.00330. The summed E-state index contributed by atoms with van der Waals surface area (Å²) in [6.07, 6.45) is 0. The van der Waals surface area contributed by atoms with Crippen LogP contribution in [0.2, 0.25) is 0 Å². The number of para-hydroxylation sites is 1. The Hall–Kier alpha value is -2.14. The molecule has 1 unspecified atom stereocenters. The number of nitrogens with zero attached hydrogens (tertiary/aromatic N) is 2. The van der Waals surface area contributed by atoms with Crippen molar-refractivity contribution in [3.8, 4) is 0 Å². The number of carbonyl (C=O) groups is 1. The zero-order valence-electron chi connectivity index (χ0n) is 11.4. The third-order valence-electron chi connectivity index (χ3n) is 3.60. The Morgan fingerprint density at radius 3 is 3.05 bits per heavy atom. The first kappa shape index (κ1) is 12.9. The van der Waals surface area contributed by atoms with Crippen LogP contribution < -0.4 is 5.73 Å². The summed E-state index contributed by atoms with van der Waals surface area (Å²) in [5, 5.41) is 0.874. The maximum Gasteiger partial charge on any atom is 0.272 e. The number of carbonyl (C=O) groups excluding carboxylic acids is 1. The van der Waals surface area contributed by atoms with Gasteiger partial charge in [0, 0.05) is 17.6 Å². The van der Waals surface area contributed by atoms with Gasteiger partial charge in [0.25, 0.3) is 5.91 Å². The van der Waals surface area contributed by atoms with E-state index >= 15 is 0 Å². The molecule has 1 fully saturated rings. The molecule has 1 saturated heterocycles. The van der Waals surface area contributed by atoms with Crippen molar-refractivity contribution in [2.24, 2.45) is 0 Å². The highest BCUT2D eigenvalue weighted by Gasteiger charge is 2.26. The molecule has 3 rings (SSSR count). The lowest BCUT2D eigenvalue weighted by Crippen LogP contribution is -2.47. The zero-order chi connectivity index (χ0) is 14.1. The summed E-state index contributed by atoms with van der Waals surface area (Å²) in [4.78, 5) is 18.8. The van der Waals surface area contributed by atoms with Crippen LogP contribution in [0.15, 0.2) is 30.3 Å². The van der Waals surface area contributed by atoms with Crippen LogP contribution in [0.1, 0.15) is 17.4 Å². The molecule has 1 amide bonds. The van der Waals surface area contributed by atoms with Crippen LogP contribution in [0.3, 0.4) is 0 Å². The third kappa shape index (κ3) is 2.20. The highest BCUT2D eigenvalue weighted by atomic mass is 16.5. The van der Waals surface area contributed by atoms with Crippen LogP contribution in [-0.4, -0.2) is 41.6 Å². The van der Waals surface area contributed by atoms with Crippen LogP contribution in [0.25, 0.3) is 10.9 Å². The molecular formula is C15H17N3O2. The second-order valence-corrected chi connectivity index (χ2v) is 5.04. The Labute approximate surface area is 117 Å². The molecular weight excluding hydrogens is 254 g/mol. The van der Waals surface area contributed by atoms with Crippen molar-refractivity contribution in [1.82, 2.24) is 9.88 Å². The molecule has 2 N–H and O–H groups in total. The van der Waals surface area contributed by atoms with Gasteiger partial charge in [0.1, 0.15) is 5.69 Å². The van der Waals surface area contributed by atoms with Crippen LogP contribution in [0, 0.1) is 0 Å². The molecule has 1 aromatic carbocycles. The maximum atomic E-state index is 12.6. The number of ether oxygens (including phenoxy) is 1. The minimum Gasteiger partial charge on any atom is -0.398 e. The van der Waals surface area contributed by atoms with Gasteiger partial charge in [-0.15, -0.1) is 0 Å². The molecule has 0 spiro atoms. The lowest BCUT2D eigenvalue weighted by Gasteiger charge is -2.33. The summed E-state index contributed by atoms with van der Waals surface area (Å²) < 4.78 is 5.35. The Kier molecular flexibility index (Phi) is 3.28. The monoisotopic (exact) mass is 271 g/mol. The van der Waals surface area contributed by atoms with Gasteiger partial charge in [0.05, 0.1) is 24.8 Å². The van der Waals surface area contributed by atoms with E-state index in [1.54, 1.807) is 11.0 Å². The third-order valence-corrected chi connectivity index (χ3v) is 3.60. The average Bonchev–Trinajstić information content (AvgIpc) is 2.47. The molecule has 104 valence electrons. The minimum atomic E-state index is -0.0850. The molecule has 0 saturated carbocycles. The highest BCUT2D eigenvalue weighted by Crippen LogP contribution is 2.21. The van der Waals surface area contributed by atoms with E-state index < -0.39 is 0 Å². The lowest BCUT2D eigenvalue weighted by atomic mass is 10.1. The summed E-state index contributed by atoms with van der Waals surface area (Å²) in [7, 11) is 0. The van der Waals surface area contributed by atoms with Crippen molar-refractivity contribution in [3.63, 3.8) is 0 Å². The predicted octanol–water partition coefficient (Wildman–Crippen LogP) is 1.68. The van der Waals surface area contributed by atoms with E-state index in [9.17, 15) is 4.79 Å². The number of hydrogen-bond acceptors (Lipinski definition) is 4. The fourth-order valence-electron chi connectivity index (χ4n) is 2.49. The number of amides is 1. The van der Waals surface area contributed by atoms with E-state index in [-0.39, 0.29) is 11.9 Å². The first-order chi connectivity index (χ1) is 9.66. The smallest absolute Gasteiger partial charge is 0.272 e. The van der Waals surface area contributed by atoms with Crippen LogP contribution in [0.5, 0.6) is 0 Å². The van der Waals surface area contributed by atoms with Crippen molar-refractivity contribution >= 4 is 22.5 Å². The molecule has 5 nitrogen and oxygen atoms in total. The molecule has 1 aliphatic heterocycles. The molecule has 0 radical (unpaired) electrons. The largest absolute Gasteiger partial charge is 0.398 e. The summed E-state index contributed by atoms with van der Waals surface area (Å²) in [6.45, 7) is 3.70. The first-order valence-electron chi connectivity index (χ1n) is 6.71. The van der Waals surface area contributed by atoms with Gasteiger partial charge in [0.2, 0.25) is 0 Å².